The van der Waals surface area contributed by atoms with Gasteiger partial charge in [0.25, 0.3) is 11.8 Å². The zero-order valence-electron chi connectivity index (χ0n) is 8.23. The Balaban J connectivity index is 2.44. The van der Waals surface area contributed by atoms with Gasteiger partial charge in [-0.15, -0.1) is 11.8 Å². The second-order valence-corrected chi connectivity index (χ2v) is 4.05. The molecule has 0 heterocycles. The lowest BCUT2D eigenvalue weighted by Crippen LogP contribution is -1.86. The van der Waals surface area contributed by atoms with E-state index < -0.39 is 11.0 Å². The zero-order valence-corrected chi connectivity index (χ0v) is 9.05. The molecule has 3 nitrogen and oxygen atoms in total. The summed E-state index contributed by atoms with van der Waals surface area (Å²) >= 11 is 1.38. The first-order valence-corrected chi connectivity index (χ1v) is 5.46. The molecule has 0 bridgehead atoms. The van der Waals surface area contributed by atoms with Crippen molar-refractivity contribution in [1.29, 1.82) is 0 Å². The fraction of sp³-hybridized carbons (Fsp3) is 0.200. The van der Waals surface area contributed by atoms with Gasteiger partial charge in [-0.2, -0.15) is 8.78 Å². The number of rotatable bonds is 5. The van der Waals surface area contributed by atoms with Gasteiger partial charge in [0.1, 0.15) is 0 Å². The van der Waals surface area contributed by atoms with Crippen molar-refractivity contribution in [3.63, 3.8) is 0 Å². The number of non-ortho nitro benzene ring substituents is 1. The fourth-order valence-electron chi connectivity index (χ4n) is 1.01. The third kappa shape index (κ3) is 4.39. The standard InChI is InChI=1S/C10H9F2NO2S/c11-10(12)2-1-7-16-9-5-3-8(4-6-9)13(14)15/h2-6H,1,7H2. The Morgan fingerprint density at radius 3 is 2.50 bits per heavy atom. The molecule has 16 heavy (non-hydrogen) atoms. The highest BCUT2D eigenvalue weighted by Crippen LogP contribution is 2.22. The number of nitro groups is 1. The van der Waals surface area contributed by atoms with Crippen LogP contribution in [0.2, 0.25) is 0 Å². The summed E-state index contributed by atoms with van der Waals surface area (Å²) in [5.41, 5.74) is 0.0269. The summed E-state index contributed by atoms with van der Waals surface area (Å²) < 4.78 is 23.4. The van der Waals surface area contributed by atoms with E-state index in [0.717, 1.165) is 11.0 Å². The molecule has 86 valence electrons. The maximum absolute atomic E-state index is 11.7. The highest BCUT2D eigenvalue weighted by atomic mass is 32.2. The first-order valence-electron chi connectivity index (χ1n) is 4.48. The minimum Gasteiger partial charge on any atom is -0.258 e. The lowest BCUT2D eigenvalue weighted by Gasteiger charge is -1.98. The molecule has 0 N–H and O–H groups in total. The van der Waals surface area contributed by atoms with Crippen molar-refractivity contribution in [3.05, 3.63) is 46.5 Å². The van der Waals surface area contributed by atoms with Crippen LogP contribution in [0, 0.1) is 10.1 Å². The third-order valence-electron chi connectivity index (χ3n) is 1.73. The van der Waals surface area contributed by atoms with Gasteiger partial charge >= 0.3 is 0 Å². The summed E-state index contributed by atoms with van der Waals surface area (Å²) in [7, 11) is 0. The molecule has 6 heteroatoms. The Kier molecular flexibility index (Phi) is 4.91. The molecule has 0 atom stereocenters. The molecule has 1 rings (SSSR count). The molecule has 0 unspecified atom stereocenters. The highest BCUT2D eigenvalue weighted by Gasteiger charge is 2.03. The largest absolute Gasteiger partial charge is 0.269 e. The number of nitrogens with zero attached hydrogens (tertiary/aromatic N) is 1. The van der Waals surface area contributed by atoms with Gasteiger partial charge in [0.15, 0.2) is 0 Å². The molecule has 0 radical (unpaired) electrons. The van der Waals surface area contributed by atoms with Crippen molar-refractivity contribution >= 4 is 17.4 Å². The minimum absolute atomic E-state index is 0.0269. The number of nitro benzene ring substituents is 1. The summed E-state index contributed by atoms with van der Waals surface area (Å²) in [6, 6.07) is 6.01. The molecule has 1 aromatic rings. The van der Waals surface area contributed by atoms with Crippen LogP contribution in [0.1, 0.15) is 6.42 Å². The predicted molar refractivity (Wildman–Crippen MR) is 58.7 cm³/mol. The summed E-state index contributed by atoms with van der Waals surface area (Å²) in [5, 5.41) is 10.4. The number of benzene rings is 1. The molecule has 0 fully saturated rings. The van der Waals surface area contributed by atoms with Crippen molar-refractivity contribution in [2.45, 2.75) is 11.3 Å². The van der Waals surface area contributed by atoms with E-state index >= 15 is 0 Å². The minimum atomic E-state index is -1.68. The summed E-state index contributed by atoms with van der Waals surface area (Å²) in [5.74, 6) is 0.523. The van der Waals surface area contributed by atoms with Gasteiger partial charge in [0.05, 0.1) is 4.92 Å². The van der Waals surface area contributed by atoms with E-state index in [4.69, 9.17) is 0 Å². The Bertz CT molecular complexity index is 388. The molecule has 0 amide bonds. The number of hydrogen-bond acceptors (Lipinski definition) is 3. The number of halogens is 2. The van der Waals surface area contributed by atoms with Crippen LogP contribution in [0.25, 0.3) is 0 Å². The van der Waals surface area contributed by atoms with E-state index in [1.165, 1.54) is 23.9 Å². The number of allylic oxidation sites excluding steroid dienone is 1. The Morgan fingerprint density at radius 2 is 2.00 bits per heavy atom. The quantitative estimate of drug-likeness (QED) is 0.342. The van der Waals surface area contributed by atoms with Gasteiger partial charge in [-0.3, -0.25) is 10.1 Å². The van der Waals surface area contributed by atoms with E-state index in [1.54, 1.807) is 12.1 Å². The van der Waals surface area contributed by atoms with Gasteiger partial charge in [-0.05, 0) is 24.6 Å². The molecule has 1 aromatic carbocycles. The average Bonchev–Trinajstić information content (AvgIpc) is 2.25. The Morgan fingerprint density at radius 1 is 1.38 bits per heavy atom. The van der Waals surface area contributed by atoms with Crippen LogP contribution >= 0.6 is 11.8 Å². The number of thioether (sulfide) groups is 1. The van der Waals surface area contributed by atoms with Gasteiger partial charge in [0, 0.05) is 22.8 Å². The van der Waals surface area contributed by atoms with Crippen LogP contribution < -0.4 is 0 Å². The molecule has 0 aromatic heterocycles. The van der Waals surface area contributed by atoms with Crippen LogP contribution in [0.4, 0.5) is 14.5 Å². The SMILES string of the molecule is O=[N+]([O-])c1ccc(SCCC=C(F)F)cc1. The van der Waals surface area contributed by atoms with Crippen molar-refractivity contribution in [3.8, 4) is 0 Å². The monoisotopic (exact) mass is 245 g/mol. The second kappa shape index (κ2) is 6.22. The summed E-state index contributed by atoms with van der Waals surface area (Å²) in [4.78, 5) is 10.7. The normalized spacial score (nSPS) is 9.88. The van der Waals surface area contributed by atoms with Crippen molar-refractivity contribution < 1.29 is 13.7 Å². The van der Waals surface area contributed by atoms with E-state index in [9.17, 15) is 18.9 Å². The first kappa shape index (κ1) is 12.6. The first-order chi connectivity index (χ1) is 7.59. The van der Waals surface area contributed by atoms with Crippen LogP contribution in [0.3, 0.4) is 0 Å². The lowest BCUT2D eigenvalue weighted by molar-refractivity contribution is -0.384. The van der Waals surface area contributed by atoms with Gasteiger partial charge < -0.3 is 0 Å². The molecule has 0 spiro atoms. The molecular formula is C10H9F2NO2S. The predicted octanol–water partition coefficient (Wildman–Crippen LogP) is 3.86. The topological polar surface area (TPSA) is 43.1 Å². The smallest absolute Gasteiger partial charge is 0.258 e. The maximum Gasteiger partial charge on any atom is 0.269 e. The Labute approximate surface area is 95.3 Å². The van der Waals surface area contributed by atoms with E-state index in [0.29, 0.717) is 5.75 Å². The summed E-state index contributed by atoms with van der Waals surface area (Å²) in [6.45, 7) is 0. The lowest BCUT2D eigenvalue weighted by atomic mass is 10.3. The molecule has 0 aliphatic rings. The van der Waals surface area contributed by atoms with E-state index in [1.807, 2.05) is 0 Å². The van der Waals surface area contributed by atoms with Crippen LogP contribution in [0.15, 0.2) is 41.3 Å². The Hall–Kier alpha value is -1.43. The van der Waals surface area contributed by atoms with Crippen LogP contribution in [-0.2, 0) is 0 Å². The number of hydrogen-bond donors (Lipinski definition) is 0. The molecular weight excluding hydrogens is 236 g/mol. The summed E-state index contributed by atoms with van der Waals surface area (Å²) in [6.07, 6.45) is -0.535. The second-order valence-electron chi connectivity index (χ2n) is 2.88. The average molecular weight is 245 g/mol. The third-order valence-corrected chi connectivity index (χ3v) is 2.78. The molecule has 0 saturated carbocycles. The zero-order chi connectivity index (χ0) is 12.0. The van der Waals surface area contributed by atoms with Crippen LogP contribution in [-0.4, -0.2) is 10.7 Å². The van der Waals surface area contributed by atoms with Crippen molar-refractivity contribution in [2.75, 3.05) is 5.75 Å². The van der Waals surface area contributed by atoms with Gasteiger partial charge in [0.2, 0.25) is 0 Å². The van der Waals surface area contributed by atoms with Gasteiger partial charge in [-0.25, -0.2) is 0 Å². The molecule has 0 saturated heterocycles. The van der Waals surface area contributed by atoms with E-state index in [2.05, 4.69) is 0 Å². The fourth-order valence-corrected chi connectivity index (χ4v) is 1.81. The van der Waals surface area contributed by atoms with Gasteiger partial charge in [-0.1, -0.05) is 0 Å². The van der Waals surface area contributed by atoms with Crippen LogP contribution in [0.5, 0.6) is 0 Å². The molecule has 0 aliphatic carbocycles. The van der Waals surface area contributed by atoms with E-state index in [-0.39, 0.29) is 12.1 Å². The maximum atomic E-state index is 11.7. The van der Waals surface area contributed by atoms with Crippen molar-refractivity contribution in [1.82, 2.24) is 0 Å². The highest BCUT2D eigenvalue weighted by molar-refractivity contribution is 7.99. The van der Waals surface area contributed by atoms with Crippen molar-refractivity contribution in [2.24, 2.45) is 0 Å². The molecule has 0 aliphatic heterocycles.